The number of pyridine rings is 1. The molecule has 0 bridgehead atoms. The van der Waals surface area contributed by atoms with Crippen molar-refractivity contribution in [2.45, 2.75) is 51.2 Å². The van der Waals surface area contributed by atoms with Gasteiger partial charge in [-0.1, -0.05) is 0 Å². The van der Waals surface area contributed by atoms with E-state index in [0.717, 1.165) is 0 Å². The predicted octanol–water partition coefficient (Wildman–Crippen LogP) is 2.05. The Labute approximate surface area is 182 Å². The molecule has 1 atom stereocenters. The number of carbonyl (C=O) groups is 2. The predicted molar refractivity (Wildman–Crippen MR) is 109 cm³/mol. The first-order valence-corrected chi connectivity index (χ1v) is 9.89. The third-order valence-electron chi connectivity index (χ3n) is 5.88. The summed E-state index contributed by atoms with van der Waals surface area (Å²) in [6, 6.07) is 1.42. The van der Waals surface area contributed by atoms with Crippen molar-refractivity contribution in [1.29, 1.82) is 0 Å². The van der Waals surface area contributed by atoms with E-state index in [0.29, 0.717) is 11.3 Å². The highest BCUT2D eigenvalue weighted by Crippen LogP contribution is 2.45. The fourth-order valence-electron chi connectivity index (χ4n) is 4.17. The zero-order valence-electron chi connectivity index (χ0n) is 18.1. The molecule has 1 saturated carbocycles. The summed E-state index contributed by atoms with van der Waals surface area (Å²) in [5.41, 5.74) is 0.0861. The molecule has 0 aromatic carbocycles. The first kappa shape index (κ1) is 23.7. The molecule has 0 radical (unpaired) electrons. The number of hydrogen-bond donors (Lipinski definition) is 4. The number of carbonyl (C=O) groups excluding carboxylic acids is 2. The molecule has 174 valence electrons. The molecule has 4 N–H and O–H groups in total. The third kappa shape index (κ3) is 4.22. The van der Waals surface area contributed by atoms with Gasteiger partial charge in [-0.05, 0) is 32.4 Å². The Balaban J connectivity index is 1.84. The van der Waals surface area contributed by atoms with Crippen molar-refractivity contribution in [3.05, 3.63) is 46.3 Å². The summed E-state index contributed by atoms with van der Waals surface area (Å²) in [5, 5.41) is 25.0. The average Bonchev–Trinajstić information content (AvgIpc) is 2.91. The molecule has 1 aliphatic carbocycles. The van der Waals surface area contributed by atoms with E-state index >= 15 is 0 Å². The Morgan fingerprint density at radius 3 is 2.44 bits per heavy atom. The van der Waals surface area contributed by atoms with Gasteiger partial charge in [0.2, 0.25) is 5.95 Å². The Hall–Kier alpha value is -2.92. The minimum Gasteiger partial charge on any atom is -0.394 e. The van der Waals surface area contributed by atoms with E-state index in [1.165, 1.54) is 23.8 Å². The normalized spacial score (nSPS) is 17.4. The number of aryl methyl sites for hydroxylation is 1. The van der Waals surface area contributed by atoms with Gasteiger partial charge >= 0.3 is 0 Å². The van der Waals surface area contributed by atoms with Crippen LogP contribution in [-0.2, 0) is 11.8 Å². The van der Waals surface area contributed by atoms with Gasteiger partial charge in [-0.2, -0.15) is 4.39 Å². The van der Waals surface area contributed by atoms with Crippen molar-refractivity contribution in [2.75, 3.05) is 11.9 Å². The van der Waals surface area contributed by atoms with Gasteiger partial charge in [-0.25, -0.2) is 13.8 Å². The highest BCUT2D eigenvalue weighted by atomic mass is 19.3. The van der Waals surface area contributed by atoms with E-state index in [4.69, 9.17) is 0 Å². The number of aliphatic hydroxyl groups excluding tert-OH is 2. The molecule has 2 amide bonds. The van der Waals surface area contributed by atoms with Gasteiger partial charge in [0, 0.05) is 31.1 Å². The summed E-state index contributed by atoms with van der Waals surface area (Å²) in [7, 11) is 1.55. The van der Waals surface area contributed by atoms with Crippen LogP contribution in [0, 0.1) is 26.7 Å². The molecule has 0 saturated heterocycles. The van der Waals surface area contributed by atoms with Gasteiger partial charge in [0.25, 0.3) is 17.7 Å². The van der Waals surface area contributed by atoms with Crippen LogP contribution >= 0.6 is 0 Å². The maximum Gasteiger partial charge on any atom is 0.257 e. The molecular weight excluding hydrogens is 429 g/mol. The van der Waals surface area contributed by atoms with Crippen LogP contribution in [0.2, 0.25) is 0 Å². The van der Waals surface area contributed by atoms with Crippen molar-refractivity contribution >= 4 is 17.5 Å². The number of hydrogen-bond acceptors (Lipinski definition) is 5. The van der Waals surface area contributed by atoms with Crippen molar-refractivity contribution in [3.8, 4) is 0 Å². The minimum absolute atomic E-state index is 0.109. The van der Waals surface area contributed by atoms with E-state index < -0.39 is 54.8 Å². The lowest BCUT2D eigenvalue weighted by atomic mass is 9.73. The molecule has 8 nitrogen and oxygen atoms in total. The fourth-order valence-corrected chi connectivity index (χ4v) is 4.17. The Bertz CT molecular complexity index is 1080. The molecule has 1 unspecified atom stereocenters. The van der Waals surface area contributed by atoms with Gasteiger partial charge in [0.05, 0.1) is 35.3 Å². The second-order valence-corrected chi connectivity index (χ2v) is 8.36. The largest absolute Gasteiger partial charge is 0.394 e. The molecule has 32 heavy (non-hydrogen) atoms. The third-order valence-corrected chi connectivity index (χ3v) is 5.88. The first-order valence-electron chi connectivity index (χ1n) is 9.89. The summed E-state index contributed by atoms with van der Waals surface area (Å²) in [6.07, 6.45) is -2.04. The minimum atomic E-state index is -2.99. The van der Waals surface area contributed by atoms with Crippen LogP contribution < -0.4 is 10.6 Å². The molecular formula is C21H25F3N4O4. The van der Waals surface area contributed by atoms with Crippen LogP contribution in [0.3, 0.4) is 0 Å². The number of nitrogens with one attached hydrogen (secondary N) is 2. The molecule has 1 aliphatic rings. The van der Waals surface area contributed by atoms with E-state index in [1.54, 1.807) is 20.9 Å². The smallest absolute Gasteiger partial charge is 0.257 e. The maximum atomic E-state index is 13.4. The molecule has 2 heterocycles. The number of aliphatic hydroxyl groups is 2. The first-order chi connectivity index (χ1) is 14.8. The number of halogens is 3. The number of alkyl halides is 2. The van der Waals surface area contributed by atoms with E-state index in [-0.39, 0.29) is 22.5 Å². The molecule has 2 aromatic heterocycles. The lowest BCUT2D eigenvalue weighted by Crippen LogP contribution is -2.65. The fraction of sp³-hybridized carbons (Fsp3) is 0.476. The molecule has 0 aliphatic heterocycles. The summed E-state index contributed by atoms with van der Waals surface area (Å²) >= 11 is 0. The zero-order valence-corrected chi connectivity index (χ0v) is 18.1. The topological polar surface area (TPSA) is 116 Å². The standard InChI is InChI=1S/C21H25F3N4O4/c1-10-5-13(6-25-17(10)22)26-18(31)14-11(2)15(28(4)12(14)3)16(30)19(32)27-20(9-29)7-21(23,24)8-20/h5-6,16,29-30H,7-9H2,1-4H3,(H,26,31)(H,27,32). The lowest BCUT2D eigenvalue weighted by molar-refractivity contribution is -0.160. The van der Waals surface area contributed by atoms with Crippen LogP contribution in [0.15, 0.2) is 12.3 Å². The van der Waals surface area contributed by atoms with Crippen molar-refractivity contribution < 1.29 is 33.0 Å². The summed E-state index contributed by atoms with van der Waals surface area (Å²) in [6.45, 7) is 3.97. The van der Waals surface area contributed by atoms with E-state index in [9.17, 15) is 33.0 Å². The van der Waals surface area contributed by atoms with E-state index in [1.807, 2.05) is 0 Å². The van der Waals surface area contributed by atoms with Gasteiger partial charge in [0.1, 0.15) is 0 Å². The molecule has 11 heteroatoms. The van der Waals surface area contributed by atoms with Crippen LogP contribution in [0.4, 0.5) is 18.9 Å². The number of anilines is 1. The quantitative estimate of drug-likeness (QED) is 0.499. The Morgan fingerprint density at radius 1 is 1.28 bits per heavy atom. The van der Waals surface area contributed by atoms with Gasteiger partial charge < -0.3 is 25.4 Å². The van der Waals surface area contributed by atoms with Crippen molar-refractivity contribution in [2.24, 2.45) is 7.05 Å². The van der Waals surface area contributed by atoms with Crippen LogP contribution in [-0.4, -0.2) is 49.6 Å². The molecule has 1 fully saturated rings. The number of nitrogens with zero attached hydrogens (tertiary/aromatic N) is 2. The highest BCUT2D eigenvalue weighted by molar-refractivity contribution is 6.06. The zero-order chi connectivity index (χ0) is 24.0. The number of amides is 2. The van der Waals surface area contributed by atoms with Gasteiger partial charge in [-0.3, -0.25) is 9.59 Å². The Morgan fingerprint density at radius 2 is 1.91 bits per heavy atom. The molecule has 3 rings (SSSR count). The number of rotatable bonds is 6. The monoisotopic (exact) mass is 454 g/mol. The average molecular weight is 454 g/mol. The SMILES string of the molecule is Cc1cc(NC(=O)c2c(C)c(C(O)C(=O)NC3(CO)CC(F)(F)C3)n(C)c2C)cnc1F. The second kappa shape index (κ2) is 8.21. The van der Waals surface area contributed by atoms with Crippen LogP contribution in [0.1, 0.15) is 51.8 Å². The second-order valence-electron chi connectivity index (χ2n) is 8.36. The number of aromatic nitrogens is 2. The summed E-state index contributed by atoms with van der Waals surface area (Å²) in [4.78, 5) is 29.0. The lowest BCUT2D eigenvalue weighted by Gasteiger charge is -2.46. The molecule has 0 spiro atoms. The van der Waals surface area contributed by atoms with Gasteiger partial charge in [0.15, 0.2) is 6.10 Å². The van der Waals surface area contributed by atoms with Gasteiger partial charge in [-0.15, -0.1) is 0 Å². The van der Waals surface area contributed by atoms with Crippen molar-refractivity contribution in [3.63, 3.8) is 0 Å². The molecule has 2 aromatic rings. The summed E-state index contributed by atoms with van der Waals surface area (Å²) < 4.78 is 41.4. The maximum absolute atomic E-state index is 13.4. The summed E-state index contributed by atoms with van der Waals surface area (Å²) in [5.74, 6) is -5.15. The van der Waals surface area contributed by atoms with Crippen molar-refractivity contribution in [1.82, 2.24) is 14.9 Å². The van der Waals surface area contributed by atoms with E-state index in [2.05, 4.69) is 15.6 Å². The Kier molecular flexibility index (Phi) is 6.09. The highest BCUT2D eigenvalue weighted by Gasteiger charge is 2.57. The van der Waals surface area contributed by atoms with Crippen LogP contribution in [0.25, 0.3) is 0 Å². The van der Waals surface area contributed by atoms with Crippen LogP contribution in [0.5, 0.6) is 0 Å².